The summed E-state index contributed by atoms with van der Waals surface area (Å²) in [4.78, 5) is 32.0. The van der Waals surface area contributed by atoms with Gasteiger partial charge in [0.2, 0.25) is 5.91 Å². The highest BCUT2D eigenvalue weighted by Gasteiger charge is 2.33. The number of carbonyl (C=O) groups excluding carboxylic acids is 1. The smallest absolute Gasteiger partial charge is 0.291 e. The average Bonchev–Trinajstić information content (AvgIpc) is 3.36. The minimum absolute atomic E-state index is 0.0730. The molecule has 0 unspecified atom stereocenters. The summed E-state index contributed by atoms with van der Waals surface area (Å²) in [5, 5.41) is 4.50. The van der Waals surface area contributed by atoms with Crippen LogP contribution < -0.4 is 5.56 Å². The van der Waals surface area contributed by atoms with Crippen molar-refractivity contribution in [2.75, 3.05) is 0 Å². The summed E-state index contributed by atoms with van der Waals surface area (Å²) in [5.74, 6) is 0.622. The Bertz CT molecular complexity index is 1250. The van der Waals surface area contributed by atoms with Crippen LogP contribution in [0.4, 0.5) is 0 Å². The number of aryl methyl sites for hydroxylation is 1. The number of pyridine rings is 1. The Kier molecular flexibility index (Phi) is 4.19. The molecule has 4 heterocycles. The van der Waals surface area contributed by atoms with Gasteiger partial charge in [-0.1, -0.05) is 6.92 Å². The molecule has 1 aliphatic rings. The van der Waals surface area contributed by atoms with E-state index in [1.165, 1.54) is 4.68 Å². The number of nitrogens with zero attached hydrogens (tertiary/aromatic N) is 5. The molecule has 0 saturated heterocycles. The minimum Gasteiger partial charge on any atom is -0.463 e. The van der Waals surface area contributed by atoms with Gasteiger partial charge in [0, 0.05) is 43.5 Å². The van der Waals surface area contributed by atoms with Crippen molar-refractivity contribution in [2.24, 2.45) is 0 Å². The van der Waals surface area contributed by atoms with Crippen LogP contribution in [0, 0.1) is 0 Å². The largest absolute Gasteiger partial charge is 0.463 e. The standard InChI is InChI=1S/C21H21N5O3/c1-2-19-23-25(21(28)17-11-18-16(26(17)19)7-10-29-18)13-20(27)24(15-3-4-15)12-14-5-8-22-9-6-14/h5-11,15H,2-4,12-13H2,1H3. The highest BCUT2D eigenvalue weighted by molar-refractivity contribution is 5.82. The first-order valence-corrected chi connectivity index (χ1v) is 9.82. The summed E-state index contributed by atoms with van der Waals surface area (Å²) in [5.41, 5.74) is 2.67. The van der Waals surface area contributed by atoms with Crippen molar-refractivity contribution in [2.45, 2.75) is 45.3 Å². The van der Waals surface area contributed by atoms with Crippen molar-refractivity contribution < 1.29 is 9.21 Å². The van der Waals surface area contributed by atoms with Crippen LogP contribution in [-0.4, -0.2) is 36.0 Å². The monoisotopic (exact) mass is 391 g/mol. The van der Waals surface area contributed by atoms with Gasteiger partial charge in [-0.25, -0.2) is 4.68 Å². The lowest BCUT2D eigenvalue weighted by Crippen LogP contribution is -2.39. The third kappa shape index (κ3) is 3.10. The van der Waals surface area contributed by atoms with Crippen molar-refractivity contribution in [1.29, 1.82) is 0 Å². The van der Waals surface area contributed by atoms with Gasteiger partial charge in [-0.3, -0.25) is 19.0 Å². The molecule has 148 valence electrons. The third-order valence-corrected chi connectivity index (χ3v) is 5.38. The van der Waals surface area contributed by atoms with E-state index in [1.807, 2.05) is 34.4 Å². The molecule has 0 atom stereocenters. The van der Waals surface area contributed by atoms with Crippen molar-refractivity contribution in [1.82, 2.24) is 24.1 Å². The zero-order chi connectivity index (χ0) is 20.0. The molecule has 29 heavy (non-hydrogen) atoms. The van der Waals surface area contributed by atoms with E-state index >= 15 is 0 Å². The van der Waals surface area contributed by atoms with E-state index in [2.05, 4.69) is 10.1 Å². The van der Waals surface area contributed by atoms with Crippen molar-refractivity contribution in [3.63, 3.8) is 0 Å². The molecular formula is C21H21N5O3. The summed E-state index contributed by atoms with van der Waals surface area (Å²) in [6.45, 7) is 2.42. The highest BCUT2D eigenvalue weighted by atomic mass is 16.3. The van der Waals surface area contributed by atoms with E-state index in [1.54, 1.807) is 24.7 Å². The minimum atomic E-state index is -0.290. The SMILES string of the molecule is CCc1nn(CC(=O)N(Cc2ccncc2)C2CC2)c(=O)c2cc3occc3n12. The van der Waals surface area contributed by atoms with Gasteiger partial charge in [-0.15, -0.1) is 0 Å². The van der Waals surface area contributed by atoms with Crippen molar-refractivity contribution in [3.05, 3.63) is 64.7 Å². The number of aromatic nitrogens is 4. The van der Waals surface area contributed by atoms with Crippen LogP contribution in [0.5, 0.6) is 0 Å². The number of carbonyl (C=O) groups is 1. The van der Waals surface area contributed by atoms with Crippen LogP contribution >= 0.6 is 0 Å². The second-order valence-electron chi connectivity index (χ2n) is 7.38. The molecule has 1 saturated carbocycles. The Labute approximate surface area is 166 Å². The van der Waals surface area contributed by atoms with Gasteiger partial charge < -0.3 is 9.32 Å². The van der Waals surface area contributed by atoms with Gasteiger partial charge in [0.15, 0.2) is 5.58 Å². The molecule has 0 aromatic carbocycles. The van der Waals surface area contributed by atoms with Crippen molar-refractivity contribution in [3.8, 4) is 0 Å². The van der Waals surface area contributed by atoms with Gasteiger partial charge in [0.1, 0.15) is 17.9 Å². The molecular weight excluding hydrogens is 370 g/mol. The molecule has 4 aromatic heterocycles. The Morgan fingerprint density at radius 3 is 2.76 bits per heavy atom. The van der Waals surface area contributed by atoms with Crippen LogP contribution in [0.2, 0.25) is 0 Å². The van der Waals surface area contributed by atoms with Gasteiger partial charge in [0.25, 0.3) is 5.56 Å². The van der Waals surface area contributed by atoms with Gasteiger partial charge in [0.05, 0.1) is 11.8 Å². The van der Waals surface area contributed by atoms with Crippen molar-refractivity contribution >= 4 is 22.5 Å². The van der Waals surface area contributed by atoms with E-state index in [0.29, 0.717) is 24.1 Å². The molecule has 0 radical (unpaired) electrons. The predicted octanol–water partition coefficient (Wildman–Crippen LogP) is 2.39. The zero-order valence-electron chi connectivity index (χ0n) is 16.1. The lowest BCUT2D eigenvalue weighted by molar-refractivity contribution is -0.133. The molecule has 0 bridgehead atoms. The molecule has 0 spiro atoms. The highest BCUT2D eigenvalue weighted by Crippen LogP contribution is 2.28. The maximum Gasteiger partial charge on any atom is 0.291 e. The summed E-state index contributed by atoms with van der Waals surface area (Å²) >= 11 is 0. The second kappa shape index (κ2) is 6.88. The quantitative estimate of drug-likeness (QED) is 0.504. The van der Waals surface area contributed by atoms with Crippen LogP contribution in [0.1, 0.15) is 31.2 Å². The fraction of sp³-hybridized carbons (Fsp3) is 0.333. The Morgan fingerprint density at radius 2 is 2.03 bits per heavy atom. The van der Waals surface area contributed by atoms with Gasteiger partial charge >= 0.3 is 0 Å². The fourth-order valence-corrected chi connectivity index (χ4v) is 3.77. The zero-order valence-corrected chi connectivity index (χ0v) is 16.1. The van der Waals surface area contributed by atoms with E-state index in [9.17, 15) is 9.59 Å². The molecule has 1 aliphatic carbocycles. The Morgan fingerprint density at radius 1 is 1.24 bits per heavy atom. The molecule has 8 nitrogen and oxygen atoms in total. The Balaban J connectivity index is 1.49. The summed E-state index contributed by atoms with van der Waals surface area (Å²) in [7, 11) is 0. The van der Waals surface area contributed by atoms with Gasteiger partial charge in [-0.05, 0) is 30.5 Å². The first-order chi connectivity index (χ1) is 14.2. The molecule has 1 fully saturated rings. The van der Waals surface area contributed by atoms with E-state index < -0.39 is 0 Å². The normalized spacial score (nSPS) is 14.0. The number of hydrogen-bond acceptors (Lipinski definition) is 5. The molecule has 0 aliphatic heterocycles. The van der Waals surface area contributed by atoms with E-state index in [0.717, 1.165) is 29.7 Å². The maximum absolute atomic E-state index is 13.1. The summed E-state index contributed by atoms with van der Waals surface area (Å²) in [6, 6.07) is 7.58. The number of hydrogen-bond donors (Lipinski definition) is 0. The van der Waals surface area contributed by atoms with E-state index in [-0.39, 0.29) is 24.1 Å². The summed E-state index contributed by atoms with van der Waals surface area (Å²) < 4.78 is 8.55. The number of fused-ring (bicyclic) bond motifs is 3. The second-order valence-corrected chi connectivity index (χ2v) is 7.38. The Hall–Kier alpha value is -3.42. The summed E-state index contributed by atoms with van der Waals surface area (Å²) in [6.07, 6.45) is 7.66. The topological polar surface area (TPSA) is 85.6 Å². The fourth-order valence-electron chi connectivity index (χ4n) is 3.77. The molecule has 8 heteroatoms. The molecule has 4 aromatic rings. The molecule has 5 rings (SSSR count). The van der Waals surface area contributed by atoms with Gasteiger partial charge in [-0.2, -0.15) is 5.10 Å². The lowest BCUT2D eigenvalue weighted by Gasteiger charge is -2.23. The average molecular weight is 391 g/mol. The molecule has 1 amide bonds. The van der Waals surface area contributed by atoms with Crippen LogP contribution in [0.15, 0.2) is 52.1 Å². The number of rotatable bonds is 6. The van der Waals surface area contributed by atoms with Crippen LogP contribution in [0.25, 0.3) is 16.6 Å². The molecule has 0 N–H and O–H groups in total. The van der Waals surface area contributed by atoms with E-state index in [4.69, 9.17) is 4.42 Å². The number of amides is 1. The number of furan rings is 1. The maximum atomic E-state index is 13.1. The first-order valence-electron chi connectivity index (χ1n) is 9.82. The first kappa shape index (κ1) is 17.7. The third-order valence-electron chi connectivity index (χ3n) is 5.38. The predicted molar refractivity (Wildman–Crippen MR) is 106 cm³/mol. The lowest BCUT2D eigenvalue weighted by atomic mass is 10.2. The van der Waals surface area contributed by atoms with Crippen LogP contribution in [-0.2, 0) is 24.3 Å². The van der Waals surface area contributed by atoms with Crippen LogP contribution in [0.3, 0.4) is 0 Å².